The van der Waals surface area contributed by atoms with E-state index in [0.29, 0.717) is 6.61 Å². The number of aliphatic hydroxyl groups excluding tert-OH is 2. The van der Waals surface area contributed by atoms with Crippen molar-refractivity contribution in [2.75, 3.05) is 13.2 Å². The van der Waals surface area contributed by atoms with Gasteiger partial charge >= 0.3 is 0 Å². The molecular weight excluding hydrogens is 272 g/mol. The van der Waals surface area contributed by atoms with E-state index in [1.807, 2.05) is 0 Å². The van der Waals surface area contributed by atoms with Crippen LogP contribution in [0.25, 0.3) is 0 Å². The van der Waals surface area contributed by atoms with Gasteiger partial charge in [0.15, 0.2) is 0 Å². The van der Waals surface area contributed by atoms with Crippen molar-refractivity contribution in [3.63, 3.8) is 0 Å². The molecule has 0 aromatic heterocycles. The zero-order valence-electron chi connectivity index (χ0n) is 15.8. The van der Waals surface area contributed by atoms with Gasteiger partial charge in [0.25, 0.3) is 0 Å². The molecule has 0 saturated carbocycles. The van der Waals surface area contributed by atoms with Gasteiger partial charge in [-0.25, -0.2) is 0 Å². The summed E-state index contributed by atoms with van der Waals surface area (Å²) >= 11 is 0. The van der Waals surface area contributed by atoms with Crippen LogP contribution in [0.3, 0.4) is 0 Å². The first-order valence-corrected chi connectivity index (χ1v) is 9.90. The van der Waals surface area contributed by atoms with Crippen LogP contribution >= 0.6 is 0 Å². The van der Waals surface area contributed by atoms with Crippen molar-refractivity contribution in [3.8, 4) is 0 Å². The molecule has 22 heavy (non-hydrogen) atoms. The third kappa shape index (κ3) is 28.1. The Kier molecular flexibility index (Phi) is 25.5. The third-order valence-electron chi connectivity index (χ3n) is 3.94. The third-order valence-corrected chi connectivity index (χ3v) is 3.94. The summed E-state index contributed by atoms with van der Waals surface area (Å²) in [6, 6.07) is 0. The van der Waals surface area contributed by atoms with Crippen LogP contribution in [-0.2, 0) is 0 Å². The van der Waals surface area contributed by atoms with Gasteiger partial charge < -0.3 is 10.2 Å². The van der Waals surface area contributed by atoms with E-state index in [1.165, 1.54) is 83.5 Å². The van der Waals surface area contributed by atoms with Crippen molar-refractivity contribution in [1.29, 1.82) is 0 Å². The van der Waals surface area contributed by atoms with E-state index in [4.69, 9.17) is 10.2 Å². The molecule has 0 radical (unpaired) electrons. The van der Waals surface area contributed by atoms with Crippen molar-refractivity contribution in [3.05, 3.63) is 0 Å². The first-order valence-electron chi connectivity index (χ1n) is 9.90. The second-order valence-electron chi connectivity index (χ2n) is 6.82. The van der Waals surface area contributed by atoms with E-state index in [0.717, 1.165) is 12.3 Å². The van der Waals surface area contributed by atoms with Gasteiger partial charge in [-0.2, -0.15) is 0 Å². The van der Waals surface area contributed by atoms with Crippen LogP contribution in [0.5, 0.6) is 0 Å². The fourth-order valence-corrected chi connectivity index (χ4v) is 2.61. The van der Waals surface area contributed by atoms with E-state index >= 15 is 0 Å². The van der Waals surface area contributed by atoms with Gasteiger partial charge in [0.2, 0.25) is 0 Å². The Labute approximate surface area is 140 Å². The molecule has 2 nitrogen and oxygen atoms in total. The molecule has 0 aliphatic carbocycles. The fourth-order valence-electron chi connectivity index (χ4n) is 2.61. The van der Waals surface area contributed by atoms with Crippen molar-refractivity contribution in [2.45, 2.75) is 111 Å². The topological polar surface area (TPSA) is 40.5 Å². The Balaban J connectivity index is 0. The molecule has 0 rings (SSSR count). The Morgan fingerprint density at radius 1 is 0.545 bits per heavy atom. The molecule has 2 N–H and O–H groups in total. The lowest BCUT2D eigenvalue weighted by Crippen LogP contribution is -1.87. The largest absolute Gasteiger partial charge is 0.397 e. The second kappa shape index (κ2) is 23.2. The molecule has 0 amide bonds. The summed E-state index contributed by atoms with van der Waals surface area (Å²) < 4.78 is 0. The molecule has 0 aliphatic rings. The monoisotopic (exact) mass is 316 g/mol. The van der Waals surface area contributed by atoms with Gasteiger partial charge in [-0.1, -0.05) is 97.3 Å². The molecule has 0 aliphatic heterocycles. The molecule has 0 unspecified atom stereocenters. The maximum absolute atomic E-state index is 8.67. The van der Waals surface area contributed by atoms with E-state index in [1.54, 1.807) is 6.92 Å². The molecule has 136 valence electrons. The number of aliphatic hydroxyl groups is 2. The maximum atomic E-state index is 8.67. The van der Waals surface area contributed by atoms with Gasteiger partial charge in [-0.3, -0.25) is 0 Å². The minimum Gasteiger partial charge on any atom is -0.397 e. The van der Waals surface area contributed by atoms with Crippen LogP contribution in [0.4, 0.5) is 0 Å². The summed E-state index contributed by atoms with van der Waals surface area (Å²) in [7, 11) is 0. The molecular formula is C20H44O2. The summed E-state index contributed by atoms with van der Waals surface area (Å²) in [6.07, 6.45) is 19.3. The summed E-state index contributed by atoms with van der Waals surface area (Å²) in [4.78, 5) is 0. The lowest BCUT2D eigenvalue weighted by atomic mass is 10.0. The number of rotatable bonds is 15. The van der Waals surface area contributed by atoms with Crippen LogP contribution in [0.2, 0.25) is 0 Å². The first-order chi connectivity index (χ1) is 10.7. The molecule has 0 atom stereocenters. The zero-order valence-corrected chi connectivity index (χ0v) is 15.8. The Morgan fingerprint density at radius 2 is 0.818 bits per heavy atom. The van der Waals surface area contributed by atoms with E-state index in [9.17, 15) is 0 Å². The highest BCUT2D eigenvalue weighted by Crippen LogP contribution is 2.14. The minimum atomic E-state index is 0.250. The summed E-state index contributed by atoms with van der Waals surface area (Å²) in [5, 5.41) is 16.2. The highest BCUT2D eigenvalue weighted by atomic mass is 16.3. The average molecular weight is 317 g/mol. The van der Waals surface area contributed by atoms with Crippen LogP contribution in [0.15, 0.2) is 0 Å². The molecule has 0 saturated heterocycles. The zero-order chi connectivity index (χ0) is 16.9. The molecule has 0 aromatic carbocycles. The van der Waals surface area contributed by atoms with Crippen molar-refractivity contribution < 1.29 is 10.2 Å². The van der Waals surface area contributed by atoms with E-state index in [2.05, 4.69) is 13.8 Å². The van der Waals surface area contributed by atoms with E-state index in [-0.39, 0.29) is 6.61 Å². The summed E-state index contributed by atoms with van der Waals surface area (Å²) in [6.45, 7) is 6.95. The van der Waals surface area contributed by atoms with Crippen LogP contribution in [-0.4, -0.2) is 23.4 Å². The fraction of sp³-hybridized carbons (Fsp3) is 1.00. The van der Waals surface area contributed by atoms with Crippen molar-refractivity contribution in [2.24, 2.45) is 5.92 Å². The van der Waals surface area contributed by atoms with Gasteiger partial charge in [0.05, 0.1) is 0 Å². The summed E-state index contributed by atoms with van der Waals surface area (Å²) in [5.41, 5.74) is 0. The SMILES string of the molecule is CC(C)CCCCCCCCCCCCCCCO.CCO. The van der Waals surface area contributed by atoms with Crippen molar-refractivity contribution >= 4 is 0 Å². The number of hydrogen-bond acceptors (Lipinski definition) is 2. The van der Waals surface area contributed by atoms with E-state index < -0.39 is 0 Å². The van der Waals surface area contributed by atoms with Crippen molar-refractivity contribution in [1.82, 2.24) is 0 Å². The second-order valence-corrected chi connectivity index (χ2v) is 6.82. The molecule has 0 heterocycles. The quantitative estimate of drug-likeness (QED) is 0.359. The van der Waals surface area contributed by atoms with Gasteiger partial charge in [-0.05, 0) is 19.3 Å². The first kappa shape index (κ1) is 24.2. The standard InChI is InChI=1S/C18H38O.C2H6O/c1-18(2)16-14-12-10-8-6-4-3-5-7-9-11-13-15-17-19;1-2-3/h18-19H,3-17H2,1-2H3;3H,2H2,1H3. The average Bonchev–Trinajstić information content (AvgIpc) is 2.48. The molecule has 0 bridgehead atoms. The van der Waals surface area contributed by atoms with Crippen LogP contribution < -0.4 is 0 Å². The lowest BCUT2D eigenvalue weighted by Gasteiger charge is -2.04. The van der Waals surface area contributed by atoms with Gasteiger partial charge in [0.1, 0.15) is 0 Å². The number of hydrogen-bond donors (Lipinski definition) is 2. The van der Waals surface area contributed by atoms with Crippen LogP contribution in [0, 0.1) is 5.92 Å². The Bertz CT molecular complexity index is 169. The minimum absolute atomic E-state index is 0.250. The molecule has 0 spiro atoms. The van der Waals surface area contributed by atoms with Crippen LogP contribution in [0.1, 0.15) is 111 Å². The summed E-state index contributed by atoms with van der Waals surface area (Å²) in [5.74, 6) is 0.886. The highest BCUT2D eigenvalue weighted by Gasteiger charge is 1.95. The highest BCUT2D eigenvalue weighted by molar-refractivity contribution is 4.50. The van der Waals surface area contributed by atoms with Gasteiger partial charge in [0, 0.05) is 13.2 Å². The maximum Gasteiger partial charge on any atom is 0.0431 e. The smallest absolute Gasteiger partial charge is 0.0431 e. The predicted molar refractivity (Wildman–Crippen MR) is 99.3 cm³/mol. The molecule has 0 aromatic rings. The molecule has 0 fully saturated rings. The normalized spacial score (nSPS) is 10.6. The predicted octanol–water partition coefficient (Wildman–Crippen LogP) is 6.09. The Hall–Kier alpha value is -0.0800. The van der Waals surface area contributed by atoms with Gasteiger partial charge in [-0.15, -0.1) is 0 Å². The number of unbranched alkanes of at least 4 members (excludes halogenated alkanes) is 12. The Morgan fingerprint density at radius 3 is 1.09 bits per heavy atom. The lowest BCUT2D eigenvalue weighted by molar-refractivity contribution is 0.282. The molecule has 2 heteroatoms.